The fraction of sp³-hybridized carbons (Fsp3) is 0.0769. The molecule has 3 nitrogen and oxygen atoms in total. The number of fused-ring (bicyclic) bond motifs is 4. The van der Waals surface area contributed by atoms with E-state index in [1.165, 1.54) is 38.8 Å². The number of hydrogen-bond donors (Lipinski definition) is 0. The molecule has 0 unspecified atom stereocenters. The van der Waals surface area contributed by atoms with Crippen molar-refractivity contribution >= 4 is 10.8 Å². The van der Waals surface area contributed by atoms with Crippen molar-refractivity contribution in [1.29, 1.82) is 0 Å². The molecule has 0 saturated heterocycles. The highest BCUT2D eigenvalue weighted by molar-refractivity contribution is 5.92. The van der Waals surface area contributed by atoms with Crippen LogP contribution in [0.3, 0.4) is 0 Å². The van der Waals surface area contributed by atoms with Crippen LogP contribution in [0.1, 0.15) is 25.0 Å². The van der Waals surface area contributed by atoms with Crippen LogP contribution in [0.2, 0.25) is 0 Å². The third-order valence-corrected chi connectivity index (χ3v) is 8.76. The Kier molecular flexibility index (Phi) is 5.48. The molecule has 42 heavy (non-hydrogen) atoms. The average molecular weight is 540 g/mol. The number of hydrogen-bond acceptors (Lipinski definition) is 2. The second-order valence-electron chi connectivity index (χ2n) is 11.6. The maximum atomic E-state index is 4.75. The highest BCUT2D eigenvalue weighted by Crippen LogP contribution is 2.49. The van der Waals surface area contributed by atoms with Crippen LogP contribution in [0.15, 0.2) is 140 Å². The van der Waals surface area contributed by atoms with E-state index in [2.05, 4.69) is 140 Å². The minimum absolute atomic E-state index is 0.0104. The van der Waals surface area contributed by atoms with Crippen LogP contribution in [-0.4, -0.2) is 14.8 Å². The molecule has 0 spiro atoms. The van der Waals surface area contributed by atoms with Crippen LogP contribution in [0, 0.1) is 0 Å². The van der Waals surface area contributed by atoms with Crippen molar-refractivity contribution in [3.05, 3.63) is 151 Å². The summed E-state index contributed by atoms with van der Waals surface area (Å²) in [5.74, 6) is 1.65. The fourth-order valence-corrected chi connectivity index (χ4v) is 6.59. The summed E-state index contributed by atoms with van der Waals surface area (Å²) in [6.45, 7) is 4.64. The zero-order valence-corrected chi connectivity index (χ0v) is 23.6. The van der Waals surface area contributed by atoms with Crippen LogP contribution in [0.4, 0.5) is 0 Å². The lowest BCUT2D eigenvalue weighted by Gasteiger charge is -2.21. The topological polar surface area (TPSA) is 30.7 Å². The van der Waals surface area contributed by atoms with Crippen molar-refractivity contribution in [2.75, 3.05) is 0 Å². The van der Waals surface area contributed by atoms with Gasteiger partial charge >= 0.3 is 0 Å². The van der Waals surface area contributed by atoms with E-state index >= 15 is 0 Å². The Morgan fingerprint density at radius 3 is 1.88 bits per heavy atom. The molecule has 8 rings (SSSR count). The molecule has 0 radical (unpaired) electrons. The van der Waals surface area contributed by atoms with Crippen molar-refractivity contribution in [1.82, 2.24) is 14.8 Å². The summed E-state index contributed by atoms with van der Waals surface area (Å²) in [6.07, 6.45) is 0. The zero-order chi connectivity index (χ0) is 28.3. The second kappa shape index (κ2) is 9.39. The van der Waals surface area contributed by atoms with Gasteiger partial charge in [-0.2, -0.15) is 0 Å². The number of aromatic nitrogens is 3. The van der Waals surface area contributed by atoms with E-state index in [1.807, 2.05) is 18.2 Å². The summed E-state index contributed by atoms with van der Waals surface area (Å²) in [5, 5.41) is 11.8. The minimum Gasteiger partial charge on any atom is -0.274 e. The Hall–Kier alpha value is -5.28. The van der Waals surface area contributed by atoms with Crippen molar-refractivity contribution in [3.63, 3.8) is 0 Å². The van der Waals surface area contributed by atoms with E-state index in [-0.39, 0.29) is 5.41 Å². The first-order valence-electron chi connectivity index (χ1n) is 14.4. The van der Waals surface area contributed by atoms with Gasteiger partial charge in [0.2, 0.25) is 0 Å². The summed E-state index contributed by atoms with van der Waals surface area (Å²) in [7, 11) is 0. The van der Waals surface area contributed by atoms with Gasteiger partial charge in [0.1, 0.15) is 0 Å². The molecule has 0 bridgehead atoms. The van der Waals surface area contributed by atoms with Gasteiger partial charge in [-0.3, -0.25) is 4.57 Å². The molecule has 1 heterocycles. The van der Waals surface area contributed by atoms with Crippen LogP contribution in [0.25, 0.3) is 61.5 Å². The third kappa shape index (κ3) is 3.74. The monoisotopic (exact) mass is 539 g/mol. The number of nitrogens with zero attached hydrogens (tertiary/aromatic N) is 3. The smallest absolute Gasteiger partial charge is 0.168 e. The van der Waals surface area contributed by atoms with Gasteiger partial charge < -0.3 is 0 Å². The molecular weight excluding hydrogens is 510 g/mol. The van der Waals surface area contributed by atoms with Gasteiger partial charge in [-0.1, -0.05) is 141 Å². The summed E-state index contributed by atoms with van der Waals surface area (Å²) >= 11 is 0. The Bertz CT molecular complexity index is 2100. The van der Waals surface area contributed by atoms with Gasteiger partial charge in [-0.15, -0.1) is 10.2 Å². The Morgan fingerprint density at radius 1 is 0.476 bits per heavy atom. The van der Waals surface area contributed by atoms with Crippen molar-refractivity contribution in [3.8, 4) is 50.7 Å². The lowest BCUT2D eigenvalue weighted by Crippen LogP contribution is -2.14. The van der Waals surface area contributed by atoms with E-state index in [9.17, 15) is 0 Å². The summed E-state index contributed by atoms with van der Waals surface area (Å²) in [4.78, 5) is 0. The highest BCUT2D eigenvalue weighted by Gasteiger charge is 2.35. The molecule has 6 aromatic carbocycles. The molecule has 1 aliphatic rings. The number of rotatable bonds is 4. The maximum Gasteiger partial charge on any atom is 0.168 e. The predicted octanol–water partition coefficient (Wildman–Crippen LogP) is 9.73. The van der Waals surface area contributed by atoms with Gasteiger partial charge in [0.15, 0.2) is 11.6 Å². The van der Waals surface area contributed by atoms with E-state index in [0.29, 0.717) is 0 Å². The molecule has 7 aromatic rings. The molecule has 0 saturated carbocycles. The molecule has 0 atom stereocenters. The van der Waals surface area contributed by atoms with E-state index < -0.39 is 0 Å². The number of benzene rings is 6. The quantitative estimate of drug-likeness (QED) is 0.223. The van der Waals surface area contributed by atoms with Gasteiger partial charge in [0.25, 0.3) is 0 Å². The van der Waals surface area contributed by atoms with Gasteiger partial charge in [0.05, 0.1) is 5.69 Å². The molecule has 0 amide bonds. The minimum atomic E-state index is 0.0104. The van der Waals surface area contributed by atoms with Crippen molar-refractivity contribution in [2.24, 2.45) is 0 Å². The fourth-order valence-electron chi connectivity index (χ4n) is 6.59. The zero-order valence-electron chi connectivity index (χ0n) is 23.6. The van der Waals surface area contributed by atoms with E-state index in [4.69, 9.17) is 10.2 Å². The molecule has 0 aliphatic heterocycles. The van der Waals surface area contributed by atoms with E-state index in [0.717, 1.165) is 33.8 Å². The lowest BCUT2D eigenvalue weighted by molar-refractivity contribution is 0.660. The van der Waals surface area contributed by atoms with Gasteiger partial charge in [-0.05, 0) is 50.9 Å². The predicted molar refractivity (Wildman–Crippen MR) is 173 cm³/mol. The maximum absolute atomic E-state index is 4.75. The molecule has 200 valence electrons. The standard InChI is InChI=1S/C39H29N3/c1-39(2)34-17-9-8-16-32(34)33-25-30(23-24-35(33)39)26-19-21-29(22-20-26)38-41-40-37(28-12-4-3-5-13-28)42(38)36-18-10-14-27-11-6-7-15-31(27)36/h3-25H,1-2H3. The lowest BCUT2D eigenvalue weighted by atomic mass is 9.82. The molecule has 3 heteroatoms. The molecular formula is C39H29N3. The van der Waals surface area contributed by atoms with Crippen molar-refractivity contribution in [2.45, 2.75) is 19.3 Å². The summed E-state index contributed by atoms with van der Waals surface area (Å²) < 4.78 is 2.20. The van der Waals surface area contributed by atoms with E-state index in [1.54, 1.807) is 0 Å². The SMILES string of the molecule is CC1(C)c2ccccc2-c2cc(-c3ccc(-c4nnc(-c5ccccc5)n4-c4cccc5ccccc45)cc3)ccc21. The normalized spacial score (nSPS) is 13.2. The van der Waals surface area contributed by atoms with Crippen LogP contribution >= 0.6 is 0 Å². The molecule has 0 N–H and O–H groups in total. The molecule has 0 fully saturated rings. The largest absolute Gasteiger partial charge is 0.274 e. The Labute approximate surface area is 245 Å². The van der Waals surface area contributed by atoms with Crippen LogP contribution < -0.4 is 0 Å². The first kappa shape index (κ1) is 24.5. The average Bonchev–Trinajstić information content (AvgIpc) is 3.58. The molecule has 1 aliphatic carbocycles. The Balaban J connectivity index is 1.24. The Morgan fingerprint density at radius 2 is 1.07 bits per heavy atom. The highest BCUT2D eigenvalue weighted by atomic mass is 15.3. The molecule has 1 aromatic heterocycles. The van der Waals surface area contributed by atoms with Crippen LogP contribution in [0.5, 0.6) is 0 Å². The summed E-state index contributed by atoms with van der Waals surface area (Å²) in [5.41, 5.74) is 11.0. The van der Waals surface area contributed by atoms with Crippen LogP contribution in [-0.2, 0) is 5.41 Å². The summed E-state index contributed by atoms with van der Waals surface area (Å²) in [6, 6.07) is 49.6. The van der Waals surface area contributed by atoms with Gasteiger partial charge in [-0.25, -0.2) is 0 Å². The first-order chi connectivity index (χ1) is 20.6. The second-order valence-corrected chi connectivity index (χ2v) is 11.6. The van der Waals surface area contributed by atoms with Gasteiger partial charge in [0, 0.05) is 21.9 Å². The first-order valence-corrected chi connectivity index (χ1v) is 14.4. The van der Waals surface area contributed by atoms with Crippen molar-refractivity contribution < 1.29 is 0 Å². The third-order valence-electron chi connectivity index (χ3n) is 8.76.